The molecule has 1 amide bonds. The quantitative estimate of drug-likeness (QED) is 0.204. The minimum absolute atomic E-state index is 0.202. The Kier molecular flexibility index (Phi) is 7.75. The van der Waals surface area contributed by atoms with E-state index in [0.29, 0.717) is 12.2 Å². The second-order valence-corrected chi connectivity index (χ2v) is 8.42. The van der Waals surface area contributed by atoms with Gasteiger partial charge in [-0.1, -0.05) is 60.7 Å². The monoisotopic (exact) mass is 479 g/mol. The van der Waals surface area contributed by atoms with E-state index in [1.165, 1.54) is 0 Å². The second-order valence-electron chi connectivity index (χ2n) is 8.42. The first kappa shape index (κ1) is 24.7. The van der Waals surface area contributed by atoms with Crippen molar-refractivity contribution in [3.63, 3.8) is 0 Å². The van der Waals surface area contributed by atoms with Crippen molar-refractivity contribution in [3.05, 3.63) is 125 Å². The summed E-state index contributed by atoms with van der Waals surface area (Å²) in [6.07, 6.45) is 1.66. The highest BCUT2D eigenvalue weighted by Crippen LogP contribution is 2.25. The van der Waals surface area contributed by atoms with Gasteiger partial charge in [0.05, 0.1) is 24.3 Å². The minimum atomic E-state index is -0.463. The Morgan fingerprint density at radius 1 is 0.917 bits per heavy atom. The van der Waals surface area contributed by atoms with Crippen LogP contribution in [0, 0.1) is 13.8 Å². The molecule has 0 aliphatic heterocycles. The number of hydrogen-bond donors (Lipinski definition) is 1. The molecule has 4 aromatic rings. The molecule has 0 radical (unpaired) electrons. The van der Waals surface area contributed by atoms with Crippen molar-refractivity contribution >= 4 is 18.1 Å². The molecule has 1 N–H and O–H groups in total. The van der Waals surface area contributed by atoms with Crippen LogP contribution in [0.2, 0.25) is 0 Å². The summed E-state index contributed by atoms with van der Waals surface area (Å²) in [6, 6.07) is 28.7. The van der Waals surface area contributed by atoms with Gasteiger partial charge in [-0.15, -0.1) is 0 Å². The lowest BCUT2D eigenvalue weighted by molar-refractivity contribution is -0.121. The molecule has 0 bridgehead atoms. The normalized spacial score (nSPS) is 11.1. The summed E-state index contributed by atoms with van der Waals surface area (Å²) < 4.78 is 7.14. The zero-order valence-electron chi connectivity index (χ0n) is 20.6. The lowest BCUT2D eigenvalue weighted by atomic mass is 9.91. The molecule has 4 rings (SSSR count). The molecular formula is C30H29N3O3. The zero-order valence-corrected chi connectivity index (χ0v) is 20.6. The summed E-state index contributed by atoms with van der Waals surface area (Å²) in [4.78, 5) is 25.1. The van der Waals surface area contributed by atoms with Gasteiger partial charge in [-0.2, -0.15) is 5.10 Å². The molecule has 3 aromatic carbocycles. The number of ether oxygens (including phenoxy) is 1. The number of amides is 1. The highest BCUT2D eigenvalue weighted by atomic mass is 16.5. The Labute approximate surface area is 211 Å². The zero-order chi connectivity index (χ0) is 25.5. The van der Waals surface area contributed by atoms with Gasteiger partial charge in [-0.3, -0.25) is 4.79 Å². The summed E-state index contributed by atoms with van der Waals surface area (Å²) >= 11 is 0. The third kappa shape index (κ3) is 5.44. The number of nitrogens with zero attached hydrogens (tertiary/aromatic N) is 2. The van der Waals surface area contributed by atoms with Crippen LogP contribution in [0.5, 0.6) is 0 Å². The highest BCUT2D eigenvalue weighted by molar-refractivity contribution is 5.90. The lowest BCUT2D eigenvalue weighted by Crippen LogP contribution is -2.26. The summed E-state index contributed by atoms with van der Waals surface area (Å²) in [6.45, 7) is 6.12. The van der Waals surface area contributed by atoms with Crippen LogP contribution in [0.3, 0.4) is 0 Å². The van der Waals surface area contributed by atoms with Gasteiger partial charge in [0.2, 0.25) is 0 Å². The molecule has 6 nitrogen and oxygen atoms in total. The summed E-state index contributed by atoms with van der Waals surface area (Å²) in [5, 5.41) is 4.28. The number of aromatic nitrogens is 1. The van der Waals surface area contributed by atoms with Crippen molar-refractivity contribution in [1.82, 2.24) is 9.99 Å². The van der Waals surface area contributed by atoms with Gasteiger partial charge in [-0.25, -0.2) is 10.2 Å². The van der Waals surface area contributed by atoms with Crippen LogP contribution >= 0.6 is 0 Å². The summed E-state index contributed by atoms with van der Waals surface area (Å²) in [5.41, 5.74) is 8.84. The van der Waals surface area contributed by atoms with Crippen LogP contribution in [0.25, 0.3) is 5.69 Å². The van der Waals surface area contributed by atoms with Gasteiger partial charge in [-0.05, 0) is 62.2 Å². The maximum absolute atomic E-state index is 13.2. The largest absolute Gasteiger partial charge is 0.462 e. The molecule has 0 aliphatic carbocycles. The number of esters is 1. The molecule has 0 spiro atoms. The predicted molar refractivity (Wildman–Crippen MR) is 142 cm³/mol. The Morgan fingerprint density at radius 2 is 1.50 bits per heavy atom. The first-order chi connectivity index (χ1) is 17.5. The van der Waals surface area contributed by atoms with E-state index in [2.05, 4.69) is 15.1 Å². The standard InChI is InChI=1S/C30H29N3O3/c1-4-36-30(35)25-15-17-27(18-16-25)33-21(2)19-26(22(33)3)20-31-32-29(34)28(23-11-7-5-8-12-23)24-13-9-6-10-14-24/h5-20,28H,4H2,1-3H3,(H,32,34)/b31-20-. The van der Waals surface area contributed by atoms with Crippen LogP contribution in [-0.2, 0) is 9.53 Å². The third-order valence-electron chi connectivity index (χ3n) is 6.01. The number of aryl methyl sites for hydroxylation is 1. The molecule has 0 unspecified atom stereocenters. The molecule has 0 atom stereocenters. The number of carbonyl (C=O) groups is 2. The van der Waals surface area contributed by atoms with Crippen molar-refractivity contribution in [2.45, 2.75) is 26.7 Å². The van der Waals surface area contributed by atoms with Crippen LogP contribution in [0.15, 0.2) is 96.1 Å². The average Bonchev–Trinajstić information content (AvgIpc) is 3.18. The SMILES string of the molecule is CCOC(=O)c1ccc(-n2c(C)cc(/C=N\NC(=O)C(c3ccccc3)c3ccccc3)c2C)cc1. The van der Waals surface area contributed by atoms with E-state index in [4.69, 9.17) is 4.74 Å². The van der Waals surface area contributed by atoms with Gasteiger partial charge < -0.3 is 9.30 Å². The number of hydrogen-bond acceptors (Lipinski definition) is 4. The molecule has 182 valence electrons. The van der Waals surface area contributed by atoms with E-state index in [1.54, 1.807) is 25.3 Å². The van der Waals surface area contributed by atoms with Crippen molar-refractivity contribution in [1.29, 1.82) is 0 Å². The first-order valence-electron chi connectivity index (χ1n) is 11.9. The minimum Gasteiger partial charge on any atom is -0.462 e. The predicted octanol–water partition coefficient (Wildman–Crippen LogP) is 5.55. The number of nitrogens with one attached hydrogen (secondary N) is 1. The van der Waals surface area contributed by atoms with E-state index in [-0.39, 0.29) is 11.9 Å². The fraction of sp³-hybridized carbons (Fsp3) is 0.167. The number of benzene rings is 3. The van der Waals surface area contributed by atoms with Crippen LogP contribution in [-0.4, -0.2) is 29.3 Å². The molecule has 1 heterocycles. The van der Waals surface area contributed by atoms with E-state index in [1.807, 2.05) is 92.7 Å². The Bertz CT molecular complexity index is 1320. The van der Waals surface area contributed by atoms with Crippen molar-refractivity contribution in [3.8, 4) is 5.69 Å². The fourth-order valence-electron chi connectivity index (χ4n) is 4.29. The molecule has 0 aliphatic rings. The van der Waals surface area contributed by atoms with Crippen molar-refractivity contribution in [2.75, 3.05) is 6.61 Å². The highest BCUT2D eigenvalue weighted by Gasteiger charge is 2.22. The fourth-order valence-corrected chi connectivity index (χ4v) is 4.29. The van der Waals surface area contributed by atoms with E-state index in [9.17, 15) is 9.59 Å². The molecule has 6 heteroatoms. The lowest BCUT2D eigenvalue weighted by Gasteiger charge is -2.16. The smallest absolute Gasteiger partial charge is 0.338 e. The van der Waals surface area contributed by atoms with Gasteiger partial charge in [0.15, 0.2) is 0 Å². The second kappa shape index (κ2) is 11.3. The van der Waals surface area contributed by atoms with Crippen LogP contribution < -0.4 is 5.43 Å². The number of carbonyl (C=O) groups excluding carboxylic acids is 2. The van der Waals surface area contributed by atoms with E-state index in [0.717, 1.165) is 33.8 Å². The summed E-state index contributed by atoms with van der Waals surface area (Å²) in [7, 11) is 0. The van der Waals surface area contributed by atoms with Crippen LogP contribution in [0.1, 0.15) is 51.3 Å². The molecule has 0 saturated carbocycles. The van der Waals surface area contributed by atoms with Crippen molar-refractivity contribution < 1.29 is 14.3 Å². The topological polar surface area (TPSA) is 72.7 Å². The van der Waals surface area contributed by atoms with Gasteiger partial charge in [0.1, 0.15) is 0 Å². The molecular weight excluding hydrogens is 450 g/mol. The maximum atomic E-state index is 13.2. The Balaban J connectivity index is 1.53. The number of rotatable bonds is 8. The van der Waals surface area contributed by atoms with Gasteiger partial charge in [0.25, 0.3) is 5.91 Å². The average molecular weight is 480 g/mol. The van der Waals surface area contributed by atoms with E-state index >= 15 is 0 Å². The van der Waals surface area contributed by atoms with Crippen LogP contribution in [0.4, 0.5) is 0 Å². The molecule has 0 saturated heterocycles. The van der Waals surface area contributed by atoms with Gasteiger partial charge in [0, 0.05) is 22.6 Å². The maximum Gasteiger partial charge on any atom is 0.338 e. The third-order valence-corrected chi connectivity index (χ3v) is 6.01. The Hall–Kier alpha value is -4.45. The number of hydrazone groups is 1. The first-order valence-corrected chi connectivity index (χ1v) is 11.9. The molecule has 36 heavy (non-hydrogen) atoms. The van der Waals surface area contributed by atoms with Gasteiger partial charge >= 0.3 is 5.97 Å². The van der Waals surface area contributed by atoms with Crippen molar-refractivity contribution in [2.24, 2.45) is 5.10 Å². The summed E-state index contributed by atoms with van der Waals surface area (Å²) in [5.74, 6) is -1.00. The van der Waals surface area contributed by atoms with E-state index < -0.39 is 5.92 Å². The molecule has 1 aromatic heterocycles. The molecule has 0 fully saturated rings. The Morgan fingerprint density at radius 3 is 2.06 bits per heavy atom.